The van der Waals surface area contributed by atoms with Crippen LogP contribution in [0.15, 0.2) is 48.9 Å². The summed E-state index contributed by atoms with van der Waals surface area (Å²) in [4.78, 5) is 13.7. The van der Waals surface area contributed by atoms with E-state index in [2.05, 4.69) is 20.6 Å². The Morgan fingerprint density at radius 3 is 2.87 bits per heavy atom. The Bertz CT molecular complexity index is 793. The summed E-state index contributed by atoms with van der Waals surface area (Å²) in [7, 11) is 0. The number of aryl methyl sites for hydroxylation is 1. The highest BCUT2D eigenvalue weighted by Crippen LogP contribution is 2.16. The molecule has 0 aliphatic carbocycles. The maximum absolute atomic E-state index is 12.2. The average molecular weight is 310 g/mol. The van der Waals surface area contributed by atoms with Crippen molar-refractivity contribution in [2.75, 3.05) is 0 Å². The van der Waals surface area contributed by atoms with Gasteiger partial charge in [0.05, 0.1) is 24.5 Å². The van der Waals surface area contributed by atoms with Gasteiger partial charge >= 0.3 is 0 Å². The zero-order chi connectivity index (χ0) is 16.2. The molecule has 2 aromatic heterocycles. The Hall–Kier alpha value is -2.96. The van der Waals surface area contributed by atoms with Gasteiger partial charge in [-0.25, -0.2) is 4.68 Å². The first-order chi connectivity index (χ1) is 11.2. The third-order valence-corrected chi connectivity index (χ3v) is 3.54. The van der Waals surface area contributed by atoms with Gasteiger partial charge in [0.1, 0.15) is 0 Å². The molecule has 1 amide bonds. The Kier molecular flexibility index (Phi) is 4.18. The third-order valence-electron chi connectivity index (χ3n) is 3.54. The van der Waals surface area contributed by atoms with E-state index in [0.29, 0.717) is 12.2 Å². The second kappa shape index (κ2) is 6.43. The molecule has 1 aromatic carbocycles. The average Bonchev–Trinajstić information content (AvgIpc) is 3.26. The molecule has 118 valence electrons. The lowest BCUT2D eigenvalue weighted by Crippen LogP contribution is -2.27. The van der Waals surface area contributed by atoms with Crippen molar-refractivity contribution in [3.63, 3.8) is 0 Å². The molecule has 23 heavy (non-hydrogen) atoms. The third kappa shape index (κ3) is 3.28. The fourth-order valence-corrected chi connectivity index (χ4v) is 2.27. The van der Waals surface area contributed by atoms with E-state index in [1.165, 1.54) is 11.0 Å². The summed E-state index contributed by atoms with van der Waals surface area (Å²) in [5, 5.41) is 15.3. The first-order valence-electron chi connectivity index (χ1n) is 7.48. The Morgan fingerprint density at radius 2 is 2.17 bits per heavy atom. The molecule has 7 heteroatoms. The SMILES string of the molecule is CCn1ncc(C(=O)N[C@@H](C)c2cccc(-n3cccn3)c2)n1. The number of hydrogen-bond acceptors (Lipinski definition) is 4. The fourth-order valence-electron chi connectivity index (χ4n) is 2.27. The number of nitrogens with zero attached hydrogens (tertiary/aromatic N) is 5. The van der Waals surface area contributed by atoms with E-state index in [9.17, 15) is 4.79 Å². The molecule has 0 bridgehead atoms. The predicted octanol–water partition coefficient (Wildman–Crippen LogP) is 1.97. The van der Waals surface area contributed by atoms with E-state index in [4.69, 9.17) is 0 Å². The van der Waals surface area contributed by atoms with Crippen LogP contribution in [0.3, 0.4) is 0 Å². The van der Waals surface area contributed by atoms with Crippen LogP contribution in [0.25, 0.3) is 5.69 Å². The summed E-state index contributed by atoms with van der Waals surface area (Å²) in [5.74, 6) is -0.235. The fraction of sp³-hybridized carbons (Fsp3) is 0.250. The summed E-state index contributed by atoms with van der Waals surface area (Å²) < 4.78 is 1.78. The number of hydrogen-bond donors (Lipinski definition) is 1. The summed E-state index contributed by atoms with van der Waals surface area (Å²) in [6.45, 7) is 4.49. The van der Waals surface area contributed by atoms with Crippen LogP contribution in [0.4, 0.5) is 0 Å². The zero-order valence-corrected chi connectivity index (χ0v) is 13.0. The lowest BCUT2D eigenvalue weighted by Gasteiger charge is -2.14. The van der Waals surface area contributed by atoms with Crippen molar-refractivity contribution in [1.82, 2.24) is 30.1 Å². The molecule has 0 saturated heterocycles. The van der Waals surface area contributed by atoms with Crippen LogP contribution in [0.1, 0.15) is 35.9 Å². The van der Waals surface area contributed by atoms with Gasteiger partial charge in [0.25, 0.3) is 5.91 Å². The van der Waals surface area contributed by atoms with Crippen molar-refractivity contribution in [3.8, 4) is 5.69 Å². The zero-order valence-electron chi connectivity index (χ0n) is 13.0. The Morgan fingerprint density at radius 1 is 1.30 bits per heavy atom. The molecule has 0 spiro atoms. The highest BCUT2D eigenvalue weighted by molar-refractivity contribution is 5.92. The summed E-state index contributed by atoms with van der Waals surface area (Å²) in [6, 6.07) is 9.61. The monoisotopic (exact) mass is 310 g/mol. The highest BCUT2D eigenvalue weighted by Gasteiger charge is 2.15. The van der Waals surface area contributed by atoms with E-state index in [0.717, 1.165) is 11.3 Å². The molecule has 0 aliphatic heterocycles. The number of aromatic nitrogens is 5. The molecule has 2 heterocycles. The lowest BCUT2D eigenvalue weighted by molar-refractivity contribution is 0.0934. The van der Waals surface area contributed by atoms with Gasteiger partial charge < -0.3 is 5.32 Å². The maximum atomic E-state index is 12.2. The van der Waals surface area contributed by atoms with Crippen molar-refractivity contribution in [2.24, 2.45) is 0 Å². The largest absolute Gasteiger partial charge is 0.344 e. The summed E-state index contributed by atoms with van der Waals surface area (Å²) in [5.41, 5.74) is 2.27. The molecular weight excluding hydrogens is 292 g/mol. The Labute approximate surface area is 133 Å². The molecular formula is C16H18N6O. The van der Waals surface area contributed by atoms with Gasteiger partial charge in [-0.15, -0.1) is 5.10 Å². The van der Waals surface area contributed by atoms with Crippen molar-refractivity contribution in [1.29, 1.82) is 0 Å². The number of amides is 1. The summed E-state index contributed by atoms with van der Waals surface area (Å²) >= 11 is 0. The summed E-state index contributed by atoms with van der Waals surface area (Å²) in [6.07, 6.45) is 5.09. The Balaban J connectivity index is 1.74. The normalized spacial score (nSPS) is 12.1. The van der Waals surface area contributed by atoms with Gasteiger partial charge in [0.15, 0.2) is 5.69 Å². The minimum Gasteiger partial charge on any atom is -0.344 e. The van der Waals surface area contributed by atoms with Gasteiger partial charge in [0.2, 0.25) is 0 Å². The minimum absolute atomic E-state index is 0.148. The quantitative estimate of drug-likeness (QED) is 0.781. The second-order valence-electron chi connectivity index (χ2n) is 5.16. The van der Waals surface area contributed by atoms with E-state index in [1.807, 2.05) is 50.4 Å². The molecule has 0 fully saturated rings. The van der Waals surface area contributed by atoms with Gasteiger partial charge in [0, 0.05) is 12.4 Å². The molecule has 7 nitrogen and oxygen atoms in total. The van der Waals surface area contributed by atoms with Crippen molar-refractivity contribution in [2.45, 2.75) is 26.4 Å². The first-order valence-corrected chi connectivity index (χ1v) is 7.48. The standard InChI is InChI=1S/C16H18N6O/c1-3-22-18-11-15(20-22)16(23)19-12(2)13-6-4-7-14(10-13)21-9-5-8-17-21/h4-12H,3H2,1-2H3,(H,19,23)/t12-/m0/s1. The van der Waals surface area contributed by atoms with E-state index < -0.39 is 0 Å². The van der Waals surface area contributed by atoms with E-state index >= 15 is 0 Å². The maximum Gasteiger partial charge on any atom is 0.273 e. The lowest BCUT2D eigenvalue weighted by atomic mass is 10.1. The van der Waals surface area contributed by atoms with Crippen LogP contribution in [-0.2, 0) is 6.54 Å². The molecule has 0 aliphatic rings. The van der Waals surface area contributed by atoms with Crippen LogP contribution in [0, 0.1) is 0 Å². The molecule has 1 N–H and O–H groups in total. The predicted molar refractivity (Wildman–Crippen MR) is 85.1 cm³/mol. The first kappa shape index (κ1) is 15.0. The van der Waals surface area contributed by atoms with Gasteiger partial charge in [-0.05, 0) is 37.6 Å². The van der Waals surface area contributed by atoms with Crippen molar-refractivity contribution < 1.29 is 4.79 Å². The second-order valence-corrected chi connectivity index (χ2v) is 5.16. The van der Waals surface area contributed by atoms with E-state index in [-0.39, 0.29) is 11.9 Å². The van der Waals surface area contributed by atoms with Gasteiger partial charge in [-0.3, -0.25) is 4.79 Å². The molecule has 0 unspecified atom stereocenters. The van der Waals surface area contributed by atoms with Crippen LogP contribution in [-0.4, -0.2) is 30.7 Å². The minimum atomic E-state index is -0.235. The van der Waals surface area contributed by atoms with Crippen molar-refractivity contribution in [3.05, 3.63) is 60.2 Å². The van der Waals surface area contributed by atoms with Gasteiger partial charge in [-0.2, -0.15) is 15.0 Å². The molecule has 0 saturated carbocycles. The van der Waals surface area contributed by atoms with Gasteiger partial charge in [-0.1, -0.05) is 12.1 Å². The molecule has 1 atom stereocenters. The number of nitrogens with one attached hydrogen (secondary N) is 1. The van der Waals surface area contributed by atoms with Crippen LogP contribution in [0.5, 0.6) is 0 Å². The van der Waals surface area contributed by atoms with Crippen molar-refractivity contribution >= 4 is 5.91 Å². The number of carbonyl (C=O) groups excluding carboxylic acids is 1. The molecule has 0 radical (unpaired) electrons. The van der Waals surface area contributed by atoms with Crippen LogP contribution >= 0.6 is 0 Å². The van der Waals surface area contributed by atoms with Crippen LogP contribution < -0.4 is 5.32 Å². The number of benzene rings is 1. The topological polar surface area (TPSA) is 77.6 Å². The van der Waals surface area contributed by atoms with Crippen LogP contribution in [0.2, 0.25) is 0 Å². The molecule has 3 rings (SSSR count). The number of rotatable bonds is 5. The van der Waals surface area contributed by atoms with E-state index in [1.54, 1.807) is 10.9 Å². The number of carbonyl (C=O) groups is 1. The molecule has 3 aromatic rings. The smallest absolute Gasteiger partial charge is 0.273 e. The highest BCUT2D eigenvalue weighted by atomic mass is 16.2.